The molecule has 2 amide bonds. The molecule has 0 saturated heterocycles. The number of halogens is 3. The highest BCUT2D eigenvalue weighted by molar-refractivity contribution is 6.03. The highest BCUT2D eigenvalue weighted by atomic mass is 19.4. The molecular formula is C29H36F3N5O7. The zero-order valence-corrected chi connectivity index (χ0v) is 23.9. The number of amidine groups is 1. The van der Waals surface area contributed by atoms with Gasteiger partial charge in [0.25, 0.3) is 0 Å². The van der Waals surface area contributed by atoms with Gasteiger partial charge in [-0.25, -0.2) is 4.79 Å². The molecule has 4 bridgehead atoms. The first-order chi connectivity index (χ1) is 20.6. The Morgan fingerprint density at radius 1 is 1.05 bits per heavy atom. The number of alkyl halides is 3. The summed E-state index contributed by atoms with van der Waals surface area (Å²) in [6, 6.07) is 5.88. The van der Waals surface area contributed by atoms with Crippen LogP contribution in [0.4, 0.5) is 13.2 Å². The van der Waals surface area contributed by atoms with Crippen LogP contribution in [0, 0.1) is 28.6 Å². The van der Waals surface area contributed by atoms with Gasteiger partial charge in [0, 0.05) is 18.5 Å². The van der Waals surface area contributed by atoms with E-state index < -0.39 is 48.5 Å². The molecule has 240 valence electrons. The van der Waals surface area contributed by atoms with Crippen molar-refractivity contribution >= 4 is 35.3 Å². The summed E-state index contributed by atoms with van der Waals surface area (Å²) in [6.45, 7) is 0.548. The normalized spacial score (nSPS) is 27.2. The van der Waals surface area contributed by atoms with Crippen LogP contribution in [0.5, 0.6) is 0 Å². The fourth-order valence-corrected chi connectivity index (χ4v) is 7.30. The molecule has 0 radical (unpaired) electrons. The number of hydrogen-bond acceptors (Lipinski definition) is 7. The van der Waals surface area contributed by atoms with Crippen molar-refractivity contribution in [2.24, 2.45) is 34.1 Å². The number of nitrogens with zero attached hydrogens (tertiary/aromatic N) is 1. The number of nitrogens with two attached hydrogens (primary N) is 1. The predicted octanol–water partition coefficient (Wildman–Crippen LogP) is 2.78. The summed E-state index contributed by atoms with van der Waals surface area (Å²) >= 11 is 0. The molecule has 15 heteroatoms. The molecule has 0 aromatic heterocycles. The van der Waals surface area contributed by atoms with Crippen molar-refractivity contribution in [2.45, 2.75) is 76.1 Å². The van der Waals surface area contributed by atoms with Crippen LogP contribution in [0.1, 0.15) is 68.9 Å². The molecule has 6 rings (SSSR count). The van der Waals surface area contributed by atoms with Crippen LogP contribution in [-0.4, -0.2) is 70.4 Å². The molecule has 12 nitrogen and oxygen atoms in total. The average molecular weight is 624 g/mol. The molecule has 4 saturated carbocycles. The van der Waals surface area contributed by atoms with Gasteiger partial charge in [-0.3, -0.25) is 19.8 Å². The minimum absolute atomic E-state index is 0.0244. The third kappa shape index (κ3) is 8.47. The largest absolute Gasteiger partial charge is 0.490 e. The van der Waals surface area contributed by atoms with Crippen molar-refractivity contribution in [3.05, 3.63) is 35.4 Å². The van der Waals surface area contributed by atoms with Gasteiger partial charge in [-0.1, -0.05) is 29.4 Å². The Kier molecular flexibility index (Phi) is 9.84. The van der Waals surface area contributed by atoms with Crippen molar-refractivity contribution in [3.8, 4) is 0 Å². The monoisotopic (exact) mass is 623 g/mol. The number of nitrogens with one attached hydrogen (secondary N) is 3. The van der Waals surface area contributed by atoms with Gasteiger partial charge in [-0.05, 0) is 67.3 Å². The number of carboxylic acids is 2. The lowest BCUT2D eigenvalue weighted by molar-refractivity contribution is -0.192. The standard InChI is InChI=1S/C27H35N5O5.C2HF3O2/c28-25(29)19-3-1-18(2-4-19)21-8-20(37-32-21)9-23(33)31-22(10-24(34)35)26(36)30-14-27-11-15-5-16(12-27)7-17(6-15)13-27;3-2(4,5)1(6)7/h1-4,15-17,20,22H,5-14H2,(H3,28,29)(H,30,36)(H,31,33)(H,34,35);(H,6,7)/t15?,16?,17?,20?,22-,27?;/m0./s1. The molecule has 44 heavy (non-hydrogen) atoms. The van der Waals surface area contributed by atoms with E-state index in [1.165, 1.54) is 19.3 Å². The molecule has 1 unspecified atom stereocenters. The Morgan fingerprint density at radius 2 is 1.59 bits per heavy atom. The van der Waals surface area contributed by atoms with E-state index in [1.807, 2.05) is 0 Å². The van der Waals surface area contributed by atoms with E-state index in [0.717, 1.165) is 42.6 Å². The third-order valence-electron chi connectivity index (χ3n) is 8.75. The van der Waals surface area contributed by atoms with E-state index in [0.29, 0.717) is 24.2 Å². The molecule has 1 aliphatic heterocycles. The topological polar surface area (TPSA) is 204 Å². The van der Waals surface area contributed by atoms with Crippen molar-refractivity contribution in [2.75, 3.05) is 6.54 Å². The molecule has 5 aliphatic rings. The smallest absolute Gasteiger partial charge is 0.481 e. The van der Waals surface area contributed by atoms with Crippen LogP contribution in [0.15, 0.2) is 29.4 Å². The van der Waals surface area contributed by atoms with Gasteiger partial charge >= 0.3 is 18.1 Å². The van der Waals surface area contributed by atoms with E-state index in [1.54, 1.807) is 24.3 Å². The Balaban J connectivity index is 0.000000566. The summed E-state index contributed by atoms with van der Waals surface area (Å²) in [5.74, 6) is -2.57. The maximum absolute atomic E-state index is 13.0. The van der Waals surface area contributed by atoms with Gasteiger partial charge in [0.15, 0.2) is 0 Å². The van der Waals surface area contributed by atoms with Crippen LogP contribution < -0.4 is 16.4 Å². The second-order valence-electron chi connectivity index (χ2n) is 12.3. The summed E-state index contributed by atoms with van der Waals surface area (Å²) < 4.78 is 31.7. The summed E-state index contributed by atoms with van der Waals surface area (Å²) in [6.07, 6.45) is 1.61. The molecule has 7 N–H and O–H groups in total. The lowest BCUT2D eigenvalue weighted by Crippen LogP contribution is -2.54. The molecule has 2 atom stereocenters. The zero-order chi connectivity index (χ0) is 32.2. The number of carbonyl (C=O) groups is 4. The number of amides is 2. The highest BCUT2D eigenvalue weighted by Crippen LogP contribution is 2.59. The van der Waals surface area contributed by atoms with E-state index in [9.17, 15) is 32.7 Å². The summed E-state index contributed by atoms with van der Waals surface area (Å²) in [7, 11) is 0. The molecule has 4 fully saturated rings. The average Bonchev–Trinajstić information content (AvgIpc) is 3.38. The van der Waals surface area contributed by atoms with E-state index in [-0.39, 0.29) is 17.7 Å². The van der Waals surface area contributed by atoms with Crippen molar-refractivity contribution in [1.82, 2.24) is 10.6 Å². The van der Waals surface area contributed by atoms with Crippen LogP contribution in [0.3, 0.4) is 0 Å². The van der Waals surface area contributed by atoms with Gasteiger partial charge in [0.1, 0.15) is 18.0 Å². The number of hydrogen-bond donors (Lipinski definition) is 6. The van der Waals surface area contributed by atoms with E-state index in [2.05, 4.69) is 15.8 Å². The molecule has 1 aromatic rings. The van der Waals surface area contributed by atoms with Crippen LogP contribution >= 0.6 is 0 Å². The van der Waals surface area contributed by atoms with Gasteiger partial charge in [-0.2, -0.15) is 13.2 Å². The van der Waals surface area contributed by atoms with Gasteiger partial charge in [0.05, 0.1) is 18.6 Å². The molecule has 1 aromatic carbocycles. The maximum atomic E-state index is 13.0. The summed E-state index contributed by atoms with van der Waals surface area (Å²) in [5.41, 5.74) is 7.69. The quantitative estimate of drug-likeness (QED) is 0.168. The number of aliphatic carboxylic acids is 2. The first-order valence-electron chi connectivity index (χ1n) is 14.4. The molecule has 0 spiro atoms. The minimum atomic E-state index is -5.08. The van der Waals surface area contributed by atoms with Crippen molar-refractivity contribution in [3.63, 3.8) is 0 Å². The fourth-order valence-electron chi connectivity index (χ4n) is 7.30. The number of benzene rings is 1. The lowest BCUT2D eigenvalue weighted by atomic mass is 9.49. The van der Waals surface area contributed by atoms with Crippen LogP contribution in [-0.2, 0) is 24.0 Å². The van der Waals surface area contributed by atoms with Gasteiger partial charge < -0.3 is 31.4 Å². The number of carbonyl (C=O) groups excluding carboxylic acids is 2. The number of rotatable bonds is 10. The Bertz CT molecular complexity index is 1280. The first kappa shape index (κ1) is 32.7. The third-order valence-corrected chi connectivity index (χ3v) is 8.75. The Labute approximate surface area is 251 Å². The molecule has 1 heterocycles. The lowest BCUT2D eigenvalue weighted by Gasteiger charge is -2.57. The number of oxime groups is 1. The SMILES string of the molecule is N=C(N)c1ccc(C2=NOC(CC(=O)N[C@@H](CC(=O)O)C(=O)NCC34CC5CC(CC(C5)C3)C4)C2)cc1.O=C(O)C(F)(F)F. The summed E-state index contributed by atoms with van der Waals surface area (Å²) in [5, 5.41) is 33.6. The zero-order valence-electron chi connectivity index (χ0n) is 23.9. The summed E-state index contributed by atoms with van der Waals surface area (Å²) in [4.78, 5) is 51.5. The van der Waals surface area contributed by atoms with E-state index >= 15 is 0 Å². The number of carboxylic acid groups (broad SMARTS) is 2. The second kappa shape index (κ2) is 13.2. The Morgan fingerprint density at radius 3 is 2.07 bits per heavy atom. The van der Waals surface area contributed by atoms with Crippen LogP contribution in [0.25, 0.3) is 0 Å². The first-order valence-corrected chi connectivity index (χ1v) is 14.4. The maximum Gasteiger partial charge on any atom is 0.490 e. The fraction of sp³-hybridized carbons (Fsp3) is 0.586. The van der Waals surface area contributed by atoms with Gasteiger partial charge in [0.2, 0.25) is 11.8 Å². The van der Waals surface area contributed by atoms with Crippen molar-refractivity contribution in [1.29, 1.82) is 5.41 Å². The van der Waals surface area contributed by atoms with Gasteiger partial charge in [-0.15, -0.1) is 0 Å². The predicted molar refractivity (Wildman–Crippen MR) is 150 cm³/mol. The van der Waals surface area contributed by atoms with Crippen LogP contribution in [0.2, 0.25) is 0 Å². The highest BCUT2D eigenvalue weighted by Gasteiger charge is 2.51. The molecule has 4 aliphatic carbocycles. The Hall–Kier alpha value is -4.17. The van der Waals surface area contributed by atoms with E-state index in [4.69, 9.17) is 25.9 Å². The number of nitrogen functional groups attached to an aromatic ring is 1. The minimum Gasteiger partial charge on any atom is -0.481 e. The second-order valence-corrected chi connectivity index (χ2v) is 12.3. The van der Waals surface area contributed by atoms with Crippen molar-refractivity contribution < 1.29 is 47.4 Å². The molecular weight excluding hydrogens is 587 g/mol.